The fourth-order valence-electron chi connectivity index (χ4n) is 4.75. The molecule has 1 aliphatic heterocycles. The van der Waals surface area contributed by atoms with Gasteiger partial charge in [0.15, 0.2) is 0 Å². The lowest BCUT2D eigenvalue weighted by molar-refractivity contribution is 0.0986. The number of hydrogen-bond donors (Lipinski definition) is 2. The van der Waals surface area contributed by atoms with E-state index in [0.29, 0.717) is 24.8 Å². The number of aromatic amines is 1. The molecule has 2 heterocycles. The number of carbonyl (C=O) groups excluding carboxylic acids is 1. The van der Waals surface area contributed by atoms with E-state index < -0.39 is 0 Å². The maximum Gasteiger partial charge on any atom is 0.258 e. The molecule has 1 amide bonds. The smallest absolute Gasteiger partial charge is 0.258 e. The molecule has 5 nitrogen and oxygen atoms in total. The topological polar surface area (TPSA) is 57.4 Å². The molecular formula is C30H33N3O2. The fraction of sp³-hybridized carbons (Fsp3) is 0.300. The monoisotopic (exact) mass is 467 g/mol. The molecule has 5 rings (SSSR count). The summed E-state index contributed by atoms with van der Waals surface area (Å²) in [6.45, 7) is 5.65. The van der Waals surface area contributed by atoms with Gasteiger partial charge in [0, 0.05) is 35.4 Å². The summed E-state index contributed by atoms with van der Waals surface area (Å²) in [4.78, 5) is 18.9. The maximum absolute atomic E-state index is 13.8. The van der Waals surface area contributed by atoms with Crippen molar-refractivity contribution in [3.63, 3.8) is 0 Å². The van der Waals surface area contributed by atoms with Crippen molar-refractivity contribution < 1.29 is 9.53 Å². The Bertz CT molecular complexity index is 1330. The van der Waals surface area contributed by atoms with Crippen LogP contribution in [0.4, 0.5) is 11.4 Å². The molecule has 0 saturated carbocycles. The third-order valence-corrected chi connectivity index (χ3v) is 6.73. The molecule has 0 spiro atoms. The van der Waals surface area contributed by atoms with Crippen molar-refractivity contribution in [3.8, 4) is 16.9 Å². The zero-order valence-corrected chi connectivity index (χ0v) is 20.5. The number of hydrogen-bond acceptors (Lipinski definition) is 3. The van der Waals surface area contributed by atoms with Crippen LogP contribution in [0.15, 0.2) is 72.9 Å². The van der Waals surface area contributed by atoms with Gasteiger partial charge in [0.05, 0.1) is 18.0 Å². The first-order valence-electron chi connectivity index (χ1n) is 12.7. The van der Waals surface area contributed by atoms with Crippen LogP contribution in [-0.2, 0) is 0 Å². The predicted molar refractivity (Wildman–Crippen MR) is 145 cm³/mol. The first-order valence-corrected chi connectivity index (χ1v) is 12.7. The van der Waals surface area contributed by atoms with Crippen LogP contribution < -0.4 is 15.0 Å². The van der Waals surface area contributed by atoms with Gasteiger partial charge in [-0.1, -0.05) is 38.0 Å². The largest absolute Gasteiger partial charge is 0.493 e. The molecule has 180 valence electrons. The van der Waals surface area contributed by atoms with Gasteiger partial charge in [0.1, 0.15) is 5.75 Å². The quantitative estimate of drug-likeness (QED) is 0.281. The number of H-pyrrole nitrogens is 1. The first kappa shape index (κ1) is 23.0. The zero-order valence-electron chi connectivity index (χ0n) is 20.5. The number of ether oxygens (including phenoxy) is 1. The highest BCUT2D eigenvalue weighted by Crippen LogP contribution is 2.35. The lowest BCUT2D eigenvalue weighted by Gasteiger charge is -2.23. The predicted octanol–water partition coefficient (Wildman–Crippen LogP) is 7.25. The van der Waals surface area contributed by atoms with E-state index in [0.717, 1.165) is 64.8 Å². The van der Waals surface area contributed by atoms with Gasteiger partial charge < -0.3 is 19.9 Å². The van der Waals surface area contributed by atoms with Crippen molar-refractivity contribution in [2.45, 2.75) is 45.6 Å². The van der Waals surface area contributed by atoms with Crippen LogP contribution in [0.5, 0.6) is 5.75 Å². The van der Waals surface area contributed by atoms with Gasteiger partial charge in [0.2, 0.25) is 0 Å². The van der Waals surface area contributed by atoms with Crippen molar-refractivity contribution in [2.24, 2.45) is 0 Å². The van der Waals surface area contributed by atoms with Crippen LogP contribution >= 0.6 is 0 Å². The number of nitrogens with zero attached hydrogens (tertiary/aromatic N) is 1. The van der Waals surface area contributed by atoms with Crippen molar-refractivity contribution in [1.82, 2.24) is 4.98 Å². The van der Waals surface area contributed by atoms with Crippen LogP contribution in [0.3, 0.4) is 0 Å². The van der Waals surface area contributed by atoms with E-state index >= 15 is 0 Å². The third kappa shape index (κ3) is 4.90. The highest BCUT2D eigenvalue weighted by Gasteiger charge is 2.25. The maximum atomic E-state index is 13.8. The third-order valence-electron chi connectivity index (χ3n) is 6.73. The van der Waals surface area contributed by atoms with Gasteiger partial charge in [-0.15, -0.1) is 0 Å². The van der Waals surface area contributed by atoms with Gasteiger partial charge in [-0.25, -0.2) is 0 Å². The molecule has 0 radical (unpaired) electrons. The molecule has 0 saturated heterocycles. The molecule has 2 N–H and O–H groups in total. The second kappa shape index (κ2) is 10.3. The van der Waals surface area contributed by atoms with Gasteiger partial charge in [0.25, 0.3) is 5.91 Å². The lowest BCUT2D eigenvalue weighted by atomic mass is 10.0. The molecular weight excluding hydrogens is 434 g/mol. The SMILES string of the molecule is CCCCCOc1cc(C(=O)N2CC[C@H](C)Nc3ccccc32)ccc1-c1ccc2[nH]ccc2c1. The van der Waals surface area contributed by atoms with Crippen LogP contribution in [0.25, 0.3) is 22.0 Å². The molecule has 4 aromatic rings. The normalized spacial score (nSPS) is 15.4. The summed E-state index contributed by atoms with van der Waals surface area (Å²) in [5.41, 5.74) is 5.76. The lowest BCUT2D eigenvalue weighted by Crippen LogP contribution is -2.32. The summed E-state index contributed by atoms with van der Waals surface area (Å²) < 4.78 is 6.29. The van der Waals surface area contributed by atoms with E-state index in [4.69, 9.17) is 4.74 Å². The van der Waals surface area contributed by atoms with Crippen LogP contribution in [0, 0.1) is 0 Å². The molecule has 1 aliphatic rings. The Morgan fingerprint density at radius 3 is 2.83 bits per heavy atom. The molecule has 35 heavy (non-hydrogen) atoms. The Kier molecular flexibility index (Phi) is 6.75. The number of carbonyl (C=O) groups is 1. The van der Waals surface area contributed by atoms with Gasteiger partial charge >= 0.3 is 0 Å². The molecule has 0 fully saturated rings. The molecule has 5 heteroatoms. The average Bonchev–Trinajstić information content (AvgIpc) is 3.28. The molecule has 0 aliphatic carbocycles. The summed E-state index contributed by atoms with van der Waals surface area (Å²) >= 11 is 0. The number of aromatic nitrogens is 1. The zero-order chi connectivity index (χ0) is 24.2. The van der Waals surface area contributed by atoms with Crippen molar-refractivity contribution in [3.05, 3.63) is 78.5 Å². The van der Waals surface area contributed by atoms with Crippen LogP contribution in [-0.4, -0.2) is 30.1 Å². The fourth-order valence-corrected chi connectivity index (χ4v) is 4.75. The minimum atomic E-state index is -0.000560. The number of unbranched alkanes of at least 4 members (excludes halogenated alkanes) is 2. The average molecular weight is 468 g/mol. The number of amides is 1. The number of rotatable bonds is 7. The Balaban J connectivity index is 1.50. The van der Waals surface area contributed by atoms with Crippen molar-refractivity contribution >= 4 is 28.2 Å². The number of benzene rings is 3. The second-order valence-corrected chi connectivity index (χ2v) is 9.35. The standard InChI is InChI=1S/C30H33N3O2/c1-3-4-7-18-35-29-20-24(10-12-25(29)22-11-13-26-23(19-22)14-16-31-26)30(34)33-17-15-21(2)32-27-8-5-6-9-28(27)33/h5-6,8-14,16,19-21,31-32H,3-4,7,15,17-18H2,1-2H3/t21-/m0/s1. The summed E-state index contributed by atoms with van der Waals surface area (Å²) in [5.74, 6) is 0.760. The number of fused-ring (bicyclic) bond motifs is 2. The van der Waals surface area contributed by atoms with E-state index in [-0.39, 0.29) is 5.91 Å². The summed E-state index contributed by atoms with van der Waals surface area (Å²) in [6.07, 6.45) is 6.09. The van der Waals surface area contributed by atoms with Crippen molar-refractivity contribution in [1.29, 1.82) is 0 Å². The van der Waals surface area contributed by atoms with E-state index in [9.17, 15) is 4.79 Å². The molecule has 0 unspecified atom stereocenters. The summed E-state index contributed by atoms with van der Waals surface area (Å²) in [5, 5.41) is 4.69. The first-order chi connectivity index (χ1) is 17.1. The highest BCUT2D eigenvalue weighted by atomic mass is 16.5. The highest BCUT2D eigenvalue weighted by molar-refractivity contribution is 6.08. The number of anilines is 2. The van der Waals surface area contributed by atoms with Crippen LogP contribution in [0.1, 0.15) is 49.9 Å². The van der Waals surface area contributed by atoms with E-state index in [1.54, 1.807) is 0 Å². The minimum Gasteiger partial charge on any atom is -0.493 e. The Morgan fingerprint density at radius 2 is 1.94 bits per heavy atom. The minimum absolute atomic E-state index is 0.000560. The second-order valence-electron chi connectivity index (χ2n) is 9.35. The summed E-state index contributed by atoms with van der Waals surface area (Å²) in [7, 11) is 0. The Labute approximate surface area is 207 Å². The van der Waals surface area contributed by atoms with E-state index in [2.05, 4.69) is 48.4 Å². The molecule has 1 atom stereocenters. The molecule has 1 aromatic heterocycles. The van der Waals surface area contributed by atoms with E-state index in [1.807, 2.05) is 53.6 Å². The molecule has 3 aromatic carbocycles. The van der Waals surface area contributed by atoms with Gasteiger partial charge in [-0.2, -0.15) is 0 Å². The number of para-hydroxylation sites is 2. The van der Waals surface area contributed by atoms with Gasteiger partial charge in [-0.3, -0.25) is 4.79 Å². The molecule has 0 bridgehead atoms. The van der Waals surface area contributed by atoms with E-state index in [1.165, 1.54) is 0 Å². The Hall–Kier alpha value is -3.73. The number of nitrogens with one attached hydrogen (secondary N) is 2. The summed E-state index contributed by atoms with van der Waals surface area (Å²) in [6, 6.07) is 22.7. The van der Waals surface area contributed by atoms with Crippen LogP contribution in [0.2, 0.25) is 0 Å². The van der Waals surface area contributed by atoms with Crippen molar-refractivity contribution in [2.75, 3.05) is 23.4 Å². The Morgan fingerprint density at radius 1 is 1.06 bits per heavy atom. The van der Waals surface area contributed by atoms with Gasteiger partial charge in [-0.05, 0) is 79.2 Å².